The highest BCUT2D eigenvalue weighted by Crippen LogP contribution is 2.33. The SMILES string of the molecule is COc1cc(C=NOC(C)=O)c([N+](=O)[O-])cc1OC. The summed E-state index contributed by atoms with van der Waals surface area (Å²) in [4.78, 5) is 25.2. The highest BCUT2D eigenvalue weighted by Gasteiger charge is 2.18. The van der Waals surface area contributed by atoms with Crippen LogP contribution in [0.1, 0.15) is 12.5 Å². The summed E-state index contributed by atoms with van der Waals surface area (Å²) in [5.41, 5.74) is -0.113. The number of carbonyl (C=O) groups is 1. The van der Waals surface area contributed by atoms with Gasteiger partial charge in [0.2, 0.25) is 0 Å². The molecule has 0 atom stereocenters. The maximum Gasteiger partial charge on any atom is 0.331 e. The Bertz CT molecular complexity index is 526. The van der Waals surface area contributed by atoms with E-state index in [-0.39, 0.29) is 17.0 Å². The van der Waals surface area contributed by atoms with Gasteiger partial charge in [0.25, 0.3) is 5.69 Å². The van der Waals surface area contributed by atoms with Crippen LogP contribution in [-0.2, 0) is 9.63 Å². The number of carbonyl (C=O) groups excluding carboxylic acids is 1. The van der Waals surface area contributed by atoms with E-state index in [1.54, 1.807) is 0 Å². The van der Waals surface area contributed by atoms with Crippen molar-refractivity contribution in [1.29, 1.82) is 0 Å². The molecule has 102 valence electrons. The fraction of sp³-hybridized carbons (Fsp3) is 0.273. The Balaban J connectivity index is 3.23. The van der Waals surface area contributed by atoms with Gasteiger partial charge in [0, 0.05) is 6.92 Å². The Kier molecular flexibility index (Phi) is 4.81. The summed E-state index contributed by atoms with van der Waals surface area (Å²) in [6, 6.07) is 2.57. The molecule has 0 aliphatic heterocycles. The van der Waals surface area contributed by atoms with Crippen LogP contribution < -0.4 is 9.47 Å². The van der Waals surface area contributed by atoms with Gasteiger partial charge in [-0.2, -0.15) is 0 Å². The second-order valence-corrected chi connectivity index (χ2v) is 3.34. The summed E-state index contributed by atoms with van der Waals surface area (Å²) in [7, 11) is 2.77. The van der Waals surface area contributed by atoms with Crippen molar-refractivity contribution in [2.75, 3.05) is 14.2 Å². The highest BCUT2D eigenvalue weighted by atomic mass is 16.7. The number of hydrogen-bond donors (Lipinski definition) is 0. The molecule has 0 aliphatic carbocycles. The molecule has 8 heteroatoms. The van der Waals surface area contributed by atoms with E-state index in [9.17, 15) is 14.9 Å². The van der Waals surface area contributed by atoms with Gasteiger partial charge in [-0.1, -0.05) is 5.16 Å². The van der Waals surface area contributed by atoms with E-state index in [4.69, 9.17) is 9.47 Å². The number of nitro benzene ring substituents is 1. The number of ether oxygens (including phenoxy) is 2. The lowest BCUT2D eigenvalue weighted by Gasteiger charge is -2.08. The number of hydrogen-bond acceptors (Lipinski definition) is 7. The number of benzene rings is 1. The molecule has 8 nitrogen and oxygen atoms in total. The van der Waals surface area contributed by atoms with E-state index in [0.717, 1.165) is 6.21 Å². The lowest BCUT2D eigenvalue weighted by atomic mass is 10.1. The second-order valence-electron chi connectivity index (χ2n) is 3.34. The summed E-state index contributed by atoms with van der Waals surface area (Å²) in [5.74, 6) is -0.101. The van der Waals surface area contributed by atoms with Crippen molar-refractivity contribution in [3.63, 3.8) is 0 Å². The molecule has 0 aromatic heterocycles. The first-order valence-corrected chi connectivity index (χ1v) is 5.11. The first-order valence-electron chi connectivity index (χ1n) is 5.11. The Morgan fingerprint density at radius 3 is 2.37 bits per heavy atom. The Labute approximate surface area is 108 Å². The molecular weight excluding hydrogens is 256 g/mol. The molecule has 0 saturated heterocycles. The molecule has 0 unspecified atom stereocenters. The third-order valence-electron chi connectivity index (χ3n) is 2.10. The fourth-order valence-corrected chi connectivity index (χ4v) is 1.30. The largest absolute Gasteiger partial charge is 0.493 e. The van der Waals surface area contributed by atoms with Crippen molar-refractivity contribution in [3.8, 4) is 11.5 Å². The van der Waals surface area contributed by atoms with Gasteiger partial charge in [0.1, 0.15) is 0 Å². The van der Waals surface area contributed by atoms with Crippen LogP contribution in [0.15, 0.2) is 17.3 Å². The van der Waals surface area contributed by atoms with Crippen LogP contribution in [0.3, 0.4) is 0 Å². The molecule has 19 heavy (non-hydrogen) atoms. The standard InChI is InChI=1S/C11H12N2O6/c1-7(14)19-12-6-8-4-10(17-2)11(18-3)5-9(8)13(15)16/h4-6H,1-3H3. The van der Waals surface area contributed by atoms with Crippen molar-refractivity contribution in [2.45, 2.75) is 6.92 Å². The van der Waals surface area contributed by atoms with E-state index in [2.05, 4.69) is 9.99 Å². The lowest BCUT2D eigenvalue weighted by Crippen LogP contribution is -1.99. The van der Waals surface area contributed by atoms with Gasteiger partial charge in [-0.05, 0) is 6.07 Å². The van der Waals surface area contributed by atoms with Crippen LogP contribution in [0.2, 0.25) is 0 Å². The summed E-state index contributed by atoms with van der Waals surface area (Å²) in [6.07, 6.45) is 1.06. The van der Waals surface area contributed by atoms with Gasteiger partial charge >= 0.3 is 5.97 Å². The normalized spacial score (nSPS) is 10.3. The molecular formula is C11H12N2O6. The first-order chi connectivity index (χ1) is 8.99. The molecule has 0 fully saturated rings. The van der Waals surface area contributed by atoms with E-state index < -0.39 is 10.9 Å². The number of rotatable bonds is 5. The Morgan fingerprint density at radius 2 is 1.89 bits per heavy atom. The van der Waals surface area contributed by atoms with Crippen LogP contribution in [-0.4, -0.2) is 31.3 Å². The minimum atomic E-state index is -0.626. The lowest BCUT2D eigenvalue weighted by molar-refractivity contribution is -0.385. The number of nitrogens with zero attached hydrogens (tertiary/aromatic N) is 2. The molecule has 0 bridgehead atoms. The van der Waals surface area contributed by atoms with Gasteiger partial charge in [-0.3, -0.25) is 10.1 Å². The maximum absolute atomic E-state index is 10.9. The van der Waals surface area contributed by atoms with Crippen molar-refractivity contribution in [1.82, 2.24) is 0 Å². The first kappa shape index (κ1) is 14.4. The smallest absolute Gasteiger partial charge is 0.331 e. The average Bonchev–Trinajstić information content (AvgIpc) is 2.37. The molecule has 1 aromatic carbocycles. The predicted octanol–water partition coefficient (Wildman–Crippen LogP) is 1.51. The summed E-state index contributed by atoms with van der Waals surface area (Å²) < 4.78 is 9.99. The number of methoxy groups -OCH3 is 2. The second kappa shape index (κ2) is 6.34. The fourth-order valence-electron chi connectivity index (χ4n) is 1.30. The van der Waals surface area contributed by atoms with Crippen molar-refractivity contribution in [3.05, 3.63) is 27.8 Å². The van der Waals surface area contributed by atoms with Crippen LogP contribution in [0.25, 0.3) is 0 Å². The van der Waals surface area contributed by atoms with Gasteiger partial charge < -0.3 is 14.3 Å². The van der Waals surface area contributed by atoms with E-state index >= 15 is 0 Å². The molecule has 0 radical (unpaired) electrons. The minimum Gasteiger partial charge on any atom is -0.493 e. The number of nitro groups is 1. The van der Waals surface area contributed by atoms with Crippen LogP contribution in [0.5, 0.6) is 11.5 Å². The third-order valence-corrected chi connectivity index (χ3v) is 2.10. The minimum absolute atomic E-state index is 0.129. The molecule has 0 heterocycles. The quantitative estimate of drug-likeness (QED) is 0.347. The van der Waals surface area contributed by atoms with Crippen molar-refractivity contribution >= 4 is 17.9 Å². The molecule has 0 aliphatic rings. The van der Waals surface area contributed by atoms with Gasteiger partial charge in [-0.15, -0.1) is 0 Å². The maximum atomic E-state index is 10.9. The summed E-state index contributed by atoms with van der Waals surface area (Å²) >= 11 is 0. The van der Waals surface area contributed by atoms with Crippen molar-refractivity contribution in [2.24, 2.45) is 5.16 Å². The van der Waals surface area contributed by atoms with Crippen LogP contribution >= 0.6 is 0 Å². The Hall–Kier alpha value is -2.64. The van der Waals surface area contributed by atoms with E-state index in [0.29, 0.717) is 5.75 Å². The zero-order chi connectivity index (χ0) is 14.4. The van der Waals surface area contributed by atoms with Crippen LogP contribution in [0.4, 0.5) is 5.69 Å². The summed E-state index contributed by atoms with van der Waals surface area (Å²) in [5, 5.41) is 14.3. The van der Waals surface area contributed by atoms with Gasteiger partial charge in [0.15, 0.2) is 11.5 Å². The molecule has 1 rings (SSSR count). The molecule has 0 amide bonds. The number of oxime groups is 1. The van der Waals surface area contributed by atoms with Crippen LogP contribution in [0, 0.1) is 10.1 Å². The molecule has 0 N–H and O–H groups in total. The van der Waals surface area contributed by atoms with E-state index in [1.165, 1.54) is 33.3 Å². The summed E-state index contributed by atoms with van der Waals surface area (Å²) in [6.45, 7) is 1.17. The molecule has 0 spiro atoms. The zero-order valence-corrected chi connectivity index (χ0v) is 10.6. The third kappa shape index (κ3) is 3.66. The zero-order valence-electron chi connectivity index (χ0n) is 10.6. The topological polar surface area (TPSA) is 100 Å². The monoisotopic (exact) mass is 268 g/mol. The Morgan fingerprint density at radius 1 is 1.32 bits per heavy atom. The van der Waals surface area contributed by atoms with E-state index in [1.807, 2.05) is 0 Å². The predicted molar refractivity (Wildman–Crippen MR) is 65.6 cm³/mol. The van der Waals surface area contributed by atoms with Gasteiger partial charge in [0.05, 0.1) is 37.0 Å². The van der Waals surface area contributed by atoms with Crippen molar-refractivity contribution < 1.29 is 24.0 Å². The highest BCUT2D eigenvalue weighted by molar-refractivity contribution is 5.87. The van der Waals surface area contributed by atoms with Gasteiger partial charge in [-0.25, -0.2) is 4.79 Å². The molecule has 1 aromatic rings. The average molecular weight is 268 g/mol. The molecule has 0 saturated carbocycles.